The fraction of sp³-hybridized carbons (Fsp3) is 1.00. The second kappa shape index (κ2) is 3.87. The Morgan fingerprint density at radius 2 is 1.80 bits per heavy atom. The van der Waals surface area contributed by atoms with E-state index in [1.54, 1.807) is 6.04 Å². The molecule has 0 spiro atoms. The first-order valence-corrected chi connectivity index (χ1v) is 7.41. The van der Waals surface area contributed by atoms with Gasteiger partial charge in [0.25, 0.3) is 0 Å². The summed E-state index contributed by atoms with van der Waals surface area (Å²) in [6.45, 7) is 7.53. The average Bonchev–Trinajstić information content (AvgIpc) is 1.77. The number of rotatable bonds is 0. The van der Waals surface area contributed by atoms with Crippen molar-refractivity contribution in [1.29, 1.82) is 0 Å². The van der Waals surface area contributed by atoms with E-state index in [0.29, 0.717) is 0 Å². The van der Waals surface area contributed by atoms with E-state index in [1.807, 2.05) is 0 Å². The lowest BCUT2D eigenvalue weighted by molar-refractivity contribution is 0.635. The van der Waals surface area contributed by atoms with Crippen molar-refractivity contribution in [2.24, 2.45) is 0 Å². The first kappa shape index (κ1) is 10.6. The summed E-state index contributed by atoms with van der Waals surface area (Å²) in [5.41, 5.74) is 1.09. The maximum absolute atomic E-state index is 2.54. The highest BCUT2D eigenvalue weighted by atomic mass is 31.0. The highest BCUT2D eigenvalue weighted by Gasteiger charge is 2.30. The standard InChI is InChI=1S/C8H18Si.H3P/c1-8-6-4-5-7-9(8,2)3;/h8H,4-7H2,1-3H3;1H3. The van der Waals surface area contributed by atoms with Gasteiger partial charge in [0.2, 0.25) is 0 Å². The molecule has 0 N–H and O–H groups in total. The van der Waals surface area contributed by atoms with Crippen molar-refractivity contribution in [1.82, 2.24) is 0 Å². The van der Waals surface area contributed by atoms with Gasteiger partial charge in [-0.15, -0.1) is 0 Å². The Labute approximate surface area is 69.4 Å². The van der Waals surface area contributed by atoms with Crippen LogP contribution in [0, 0.1) is 0 Å². The Kier molecular flexibility index (Phi) is 4.12. The molecule has 0 nitrogen and oxygen atoms in total. The molecule has 0 aromatic rings. The van der Waals surface area contributed by atoms with E-state index in [1.165, 1.54) is 19.3 Å². The molecular formula is C8H21PSi. The highest BCUT2D eigenvalue weighted by Crippen LogP contribution is 2.36. The van der Waals surface area contributed by atoms with Gasteiger partial charge in [0.15, 0.2) is 0 Å². The van der Waals surface area contributed by atoms with Crippen molar-refractivity contribution in [3.63, 3.8) is 0 Å². The van der Waals surface area contributed by atoms with E-state index in [0.717, 1.165) is 5.54 Å². The van der Waals surface area contributed by atoms with Crippen molar-refractivity contribution in [3.8, 4) is 0 Å². The van der Waals surface area contributed by atoms with E-state index in [4.69, 9.17) is 0 Å². The Bertz CT molecular complexity index is 101. The lowest BCUT2D eigenvalue weighted by atomic mass is 10.2. The summed E-state index contributed by atoms with van der Waals surface area (Å²) in [5, 5.41) is 0. The van der Waals surface area contributed by atoms with Crippen LogP contribution in [0.4, 0.5) is 0 Å². The summed E-state index contributed by atoms with van der Waals surface area (Å²) in [7, 11) is -0.694. The molecule has 0 bridgehead atoms. The molecule has 2 unspecified atom stereocenters. The summed E-state index contributed by atoms with van der Waals surface area (Å²) >= 11 is 0. The smallest absolute Gasteiger partial charge is 0.0502 e. The van der Waals surface area contributed by atoms with Crippen LogP contribution in [0.3, 0.4) is 0 Å². The molecule has 10 heavy (non-hydrogen) atoms. The SMILES string of the molecule is CC1CCCC[Si]1(C)C.P. The lowest BCUT2D eigenvalue weighted by Crippen LogP contribution is -2.33. The molecule has 0 aromatic heterocycles. The van der Waals surface area contributed by atoms with Crippen LogP contribution in [0.2, 0.25) is 24.7 Å². The van der Waals surface area contributed by atoms with Crippen LogP contribution in [0.5, 0.6) is 0 Å². The predicted molar refractivity (Wildman–Crippen MR) is 56.7 cm³/mol. The fourth-order valence-corrected chi connectivity index (χ4v) is 4.31. The van der Waals surface area contributed by atoms with Gasteiger partial charge in [0.05, 0.1) is 8.07 Å². The Morgan fingerprint density at radius 3 is 2.10 bits per heavy atom. The van der Waals surface area contributed by atoms with Crippen molar-refractivity contribution < 1.29 is 0 Å². The predicted octanol–water partition coefficient (Wildman–Crippen LogP) is 3.33. The summed E-state index contributed by atoms with van der Waals surface area (Å²) < 4.78 is 0. The van der Waals surface area contributed by atoms with Gasteiger partial charge < -0.3 is 0 Å². The molecular weight excluding hydrogens is 155 g/mol. The summed E-state index contributed by atoms with van der Waals surface area (Å²) in [5.74, 6) is 0. The molecule has 1 aliphatic heterocycles. The van der Waals surface area contributed by atoms with E-state index >= 15 is 0 Å². The number of hydrogen-bond acceptors (Lipinski definition) is 0. The highest BCUT2D eigenvalue weighted by molar-refractivity contribution is 6.92. The first-order valence-electron chi connectivity index (χ1n) is 4.13. The zero-order chi connectivity index (χ0) is 6.91. The van der Waals surface area contributed by atoms with Crippen LogP contribution in [-0.4, -0.2) is 8.07 Å². The van der Waals surface area contributed by atoms with E-state index in [9.17, 15) is 0 Å². The van der Waals surface area contributed by atoms with Gasteiger partial charge in [-0.25, -0.2) is 0 Å². The molecule has 0 radical (unpaired) electrons. The molecule has 0 saturated carbocycles. The van der Waals surface area contributed by atoms with Crippen molar-refractivity contribution in [2.45, 2.75) is 50.9 Å². The van der Waals surface area contributed by atoms with E-state index < -0.39 is 8.07 Å². The van der Waals surface area contributed by atoms with E-state index in [2.05, 4.69) is 20.0 Å². The van der Waals surface area contributed by atoms with Crippen LogP contribution >= 0.6 is 9.90 Å². The van der Waals surface area contributed by atoms with Crippen molar-refractivity contribution in [2.75, 3.05) is 0 Å². The zero-order valence-corrected chi connectivity index (χ0v) is 10.0. The minimum absolute atomic E-state index is 0. The third-order valence-electron chi connectivity index (χ3n) is 3.04. The van der Waals surface area contributed by atoms with Crippen LogP contribution < -0.4 is 0 Å². The quantitative estimate of drug-likeness (QED) is 0.392. The number of hydrogen-bond donors (Lipinski definition) is 0. The largest absolute Gasteiger partial charge is 0.153 e. The lowest BCUT2D eigenvalue weighted by Gasteiger charge is -2.34. The van der Waals surface area contributed by atoms with Crippen LogP contribution in [0.25, 0.3) is 0 Å². The van der Waals surface area contributed by atoms with Gasteiger partial charge in [-0.3, -0.25) is 0 Å². The van der Waals surface area contributed by atoms with Crippen LogP contribution in [-0.2, 0) is 0 Å². The molecule has 62 valence electrons. The van der Waals surface area contributed by atoms with E-state index in [-0.39, 0.29) is 9.90 Å². The molecule has 0 aliphatic carbocycles. The van der Waals surface area contributed by atoms with Crippen molar-refractivity contribution >= 4 is 18.0 Å². The second-order valence-electron chi connectivity index (χ2n) is 4.14. The normalized spacial score (nSPS) is 30.9. The van der Waals surface area contributed by atoms with Gasteiger partial charge in [-0.05, 0) is 5.54 Å². The van der Waals surface area contributed by atoms with Crippen LogP contribution in [0.15, 0.2) is 0 Å². The Hall–Kier alpha value is 0.647. The fourth-order valence-electron chi connectivity index (χ4n) is 1.67. The molecule has 1 aliphatic rings. The molecule has 1 rings (SSSR count). The molecule has 2 atom stereocenters. The maximum atomic E-state index is 2.54. The Morgan fingerprint density at radius 1 is 1.20 bits per heavy atom. The maximum Gasteiger partial charge on any atom is 0.0502 e. The molecule has 2 heteroatoms. The summed E-state index contributed by atoms with van der Waals surface area (Å²) in [4.78, 5) is 0. The monoisotopic (exact) mass is 176 g/mol. The molecule has 1 saturated heterocycles. The van der Waals surface area contributed by atoms with Gasteiger partial charge in [0.1, 0.15) is 0 Å². The minimum atomic E-state index is -0.694. The topological polar surface area (TPSA) is 0 Å². The van der Waals surface area contributed by atoms with Crippen molar-refractivity contribution in [3.05, 3.63) is 0 Å². The summed E-state index contributed by atoms with van der Waals surface area (Å²) in [6, 6.07) is 1.58. The zero-order valence-electron chi connectivity index (χ0n) is 7.61. The molecule has 0 aromatic carbocycles. The average molecular weight is 176 g/mol. The minimum Gasteiger partial charge on any atom is -0.153 e. The van der Waals surface area contributed by atoms with Gasteiger partial charge in [0, 0.05) is 0 Å². The van der Waals surface area contributed by atoms with Gasteiger partial charge >= 0.3 is 0 Å². The summed E-state index contributed by atoms with van der Waals surface area (Å²) in [6.07, 6.45) is 4.53. The van der Waals surface area contributed by atoms with Crippen LogP contribution in [0.1, 0.15) is 26.2 Å². The first-order chi connectivity index (χ1) is 4.13. The van der Waals surface area contributed by atoms with Gasteiger partial charge in [-0.1, -0.05) is 45.3 Å². The molecule has 0 amide bonds. The second-order valence-corrected chi connectivity index (χ2v) is 9.60. The third kappa shape index (κ3) is 2.36. The molecule has 1 heterocycles. The third-order valence-corrected chi connectivity index (χ3v) is 7.64. The Balaban J connectivity index is 0.000000810. The molecule has 1 fully saturated rings. The van der Waals surface area contributed by atoms with Gasteiger partial charge in [-0.2, -0.15) is 9.90 Å².